The number of hydrogen-bond donors (Lipinski definition) is 0. The van der Waals surface area contributed by atoms with Gasteiger partial charge >= 0.3 is 0 Å². The molecule has 0 spiro atoms. The maximum Gasteiger partial charge on any atom is 0.280 e. The lowest BCUT2D eigenvalue weighted by Crippen LogP contribution is -1.98. The van der Waals surface area contributed by atoms with Gasteiger partial charge in [-0.3, -0.25) is 14.9 Å². The van der Waals surface area contributed by atoms with Gasteiger partial charge < -0.3 is 0 Å². The molecule has 13 heavy (non-hydrogen) atoms. The summed E-state index contributed by atoms with van der Waals surface area (Å²) in [6.45, 7) is 1.31. The van der Waals surface area contributed by atoms with Crippen LogP contribution in [0.1, 0.15) is 24.7 Å². The van der Waals surface area contributed by atoms with Gasteiger partial charge in [-0.1, -0.05) is 19.6 Å². The van der Waals surface area contributed by atoms with Crippen molar-refractivity contribution in [3.05, 3.63) is 39.9 Å². The van der Waals surface area contributed by atoms with Crippen LogP contribution in [0.15, 0.2) is 24.3 Å². The highest BCUT2D eigenvalue weighted by atomic mass is 16.6. The van der Waals surface area contributed by atoms with Gasteiger partial charge in [-0.15, -0.1) is 0 Å². The third-order valence-electron chi connectivity index (χ3n) is 1.48. The molecule has 1 aromatic carbocycles. The van der Waals surface area contributed by atoms with E-state index in [4.69, 9.17) is 0 Å². The smallest absolute Gasteiger partial charge is 0.280 e. The van der Waals surface area contributed by atoms with E-state index in [1.165, 1.54) is 25.1 Å². The fourth-order valence-electron chi connectivity index (χ4n) is 0.931. The quantitative estimate of drug-likeness (QED) is 0.400. The van der Waals surface area contributed by atoms with Gasteiger partial charge in [0.15, 0.2) is 5.78 Å². The molecule has 4 heteroatoms. The van der Waals surface area contributed by atoms with Crippen LogP contribution in [0.2, 0.25) is 0 Å². The highest BCUT2D eigenvalue weighted by molar-refractivity contribution is 5.97. The number of ketones is 1. The van der Waals surface area contributed by atoms with Crippen molar-refractivity contribution >= 4 is 11.5 Å². The summed E-state index contributed by atoms with van der Waals surface area (Å²) < 4.78 is 0. The van der Waals surface area contributed by atoms with Crippen molar-refractivity contribution in [2.45, 2.75) is 14.4 Å². The minimum absolute atomic E-state index is 0. The molecule has 0 aromatic heterocycles. The first-order valence-corrected chi connectivity index (χ1v) is 3.37. The van der Waals surface area contributed by atoms with Crippen LogP contribution >= 0.6 is 0 Å². The molecule has 0 aliphatic rings. The number of para-hydroxylation sites is 1. The normalized spacial score (nSPS) is 8.69. The molecule has 4 nitrogen and oxygen atoms in total. The van der Waals surface area contributed by atoms with Crippen molar-refractivity contribution in [3.63, 3.8) is 0 Å². The number of nitrogens with zero attached hydrogens (tertiary/aromatic N) is 1. The molecule has 70 valence electrons. The number of rotatable bonds is 2. The molecule has 0 fully saturated rings. The Kier molecular flexibility index (Phi) is 3.78. The molecule has 0 heterocycles. The largest absolute Gasteiger partial charge is 0.294 e. The Morgan fingerprint density at radius 3 is 2.31 bits per heavy atom. The highest BCUT2D eigenvalue weighted by Crippen LogP contribution is 2.17. The average Bonchev–Trinajstić information content (AvgIpc) is 2.04. The zero-order valence-corrected chi connectivity index (χ0v) is 6.48. The Hall–Kier alpha value is -1.71. The summed E-state index contributed by atoms with van der Waals surface area (Å²) in [6, 6.07) is 5.89. The minimum Gasteiger partial charge on any atom is -0.294 e. The Morgan fingerprint density at radius 2 is 1.92 bits per heavy atom. The Labute approximate surface area is 76.3 Å². The number of benzene rings is 1. The van der Waals surface area contributed by atoms with Crippen molar-refractivity contribution < 1.29 is 9.72 Å². The number of carbonyl (C=O) groups excluding carboxylic acids is 1. The van der Waals surface area contributed by atoms with Gasteiger partial charge in [0.1, 0.15) is 0 Å². The second-order valence-corrected chi connectivity index (χ2v) is 2.33. The van der Waals surface area contributed by atoms with E-state index < -0.39 is 4.92 Å². The van der Waals surface area contributed by atoms with Crippen LogP contribution in [0.3, 0.4) is 0 Å². The van der Waals surface area contributed by atoms with Gasteiger partial charge in [0.25, 0.3) is 5.69 Å². The molecule has 1 aromatic rings. The Bertz CT molecular complexity index is 300. The topological polar surface area (TPSA) is 60.2 Å². The summed E-state index contributed by atoms with van der Waals surface area (Å²) in [6.07, 6.45) is 0. The molecular formula is C9H11NO3. The third kappa shape index (κ3) is 2.37. The van der Waals surface area contributed by atoms with Crippen molar-refractivity contribution in [1.29, 1.82) is 0 Å². The molecule has 0 amide bonds. The molecule has 0 radical (unpaired) electrons. The van der Waals surface area contributed by atoms with E-state index >= 15 is 0 Å². The van der Waals surface area contributed by atoms with Crippen LogP contribution in [0.25, 0.3) is 0 Å². The number of hydrogen-bond acceptors (Lipinski definition) is 3. The Morgan fingerprint density at radius 1 is 1.38 bits per heavy atom. The second-order valence-electron chi connectivity index (χ2n) is 2.33. The Balaban J connectivity index is 0.00000144. The van der Waals surface area contributed by atoms with E-state index in [0.29, 0.717) is 0 Å². The molecule has 0 N–H and O–H groups in total. The van der Waals surface area contributed by atoms with Gasteiger partial charge in [0.05, 0.1) is 10.5 Å². The van der Waals surface area contributed by atoms with Crippen LogP contribution in [0.4, 0.5) is 5.69 Å². The van der Waals surface area contributed by atoms with Gasteiger partial charge in [-0.05, 0) is 13.0 Å². The maximum absolute atomic E-state index is 10.9. The first-order valence-electron chi connectivity index (χ1n) is 3.37. The third-order valence-corrected chi connectivity index (χ3v) is 1.48. The molecule has 1 rings (SSSR count). The zero-order valence-electron chi connectivity index (χ0n) is 6.48. The van der Waals surface area contributed by atoms with Gasteiger partial charge in [0.2, 0.25) is 0 Å². The van der Waals surface area contributed by atoms with E-state index in [1.54, 1.807) is 6.07 Å². The summed E-state index contributed by atoms with van der Waals surface area (Å²) in [7, 11) is 0. The summed E-state index contributed by atoms with van der Waals surface area (Å²) >= 11 is 0. The molecule has 0 unspecified atom stereocenters. The van der Waals surface area contributed by atoms with Gasteiger partial charge in [-0.25, -0.2) is 0 Å². The number of nitro groups is 1. The van der Waals surface area contributed by atoms with E-state index in [9.17, 15) is 14.9 Å². The van der Waals surface area contributed by atoms with Crippen LogP contribution in [-0.4, -0.2) is 10.7 Å². The molecule has 0 aliphatic heterocycles. The van der Waals surface area contributed by atoms with Crippen LogP contribution in [0.5, 0.6) is 0 Å². The van der Waals surface area contributed by atoms with E-state index in [0.717, 1.165) is 0 Å². The summed E-state index contributed by atoms with van der Waals surface area (Å²) in [5.74, 6) is -0.290. The number of nitro benzene ring substituents is 1. The maximum atomic E-state index is 10.9. The fourth-order valence-corrected chi connectivity index (χ4v) is 0.931. The molecule has 0 saturated heterocycles. The summed E-state index contributed by atoms with van der Waals surface area (Å²) in [5.41, 5.74) is 0.0208. The van der Waals surface area contributed by atoms with Crippen LogP contribution in [-0.2, 0) is 0 Å². The second kappa shape index (κ2) is 4.35. The fraction of sp³-hybridized carbons (Fsp3) is 0.222. The highest BCUT2D eigenvalue weighted by Gasteiger charge is 2.14. The first-order chi connectivity index (χ1) is 5.63. The predicted molar refractivity (Wildman–Crippen MR) is 49.8 cm³/mol. The molecular weight excluding hydrogens is 170 g/mol. The standard InChI is InChI=1S/C8H7NO3.CH4/c1-6(10)7-4-2-3-5-8(7)9(11)12;/h2-5H,1H3;1H4. The van der Waals surface area contributed by atoms with E-state index in [-0.39, 0.29) is 24.5 Å². The summed E-state index contributed by atoms with van der Waals surface area (Å²) in [5, 5.41) is 10.4. The minimum atomic E-state index is -0.559. The van der Waals surface area contributed by atoms with E-state index in [2.05, 4.69) is 0 Å². The predicted octanol–water partition coefficient (Wildman–Crippen LogP) is 2.43. The van der Waals surface area contributed by atoms with Gasteiger partial charge in [-0.2, -0.15) is 0 Å². The number of carbonyl (C=O) groups is 1. The van der Waals surface area contributed by atoms with Crippen LogP contribution in [0, 0.1) is 10.1 Å². The SMILES string of the molecule is C.CC(=O)c1ccccc1[N+](=O)[O-]. The lowest BCUT2D eigenvalue weighted by atomic mass is 10.1. The lowest BCUT2D eigenvalue weighted by Gasteiger charge is -1.95. The van der Waals surface area contributed by atoms with Crippen molar-refractivity contribution in [1.82, 2.24) is 0 Å². The summed E-state index contributed by atoms with van der Waals surface area (Å²) in [4.78, 5) is 20.7. The molecule has 0 atom stereocenters. The molecule has 0 saturated carbocycles. The lowest BCUT2D eigenvalue weighted by molar-refractivity contribution is -0.385. The molecule has 0 bridgehead atoms. The van der Waals surface area contributed by atoms with Crippen molar-refractivity contribution in [2.75, 3.05) is 0 Å². The number of Topliss-reactive ketones (excluding diaryl/α,β-unsaturated/α-hetero) is 1. The molecule has 0 aliphatic carbocycles. The van der Waals surface area contributed by atoms with Crippen molar-refractivity contribution in [3.8, 4) is 0 Å². The van der Waals surface area contributed by atoms with Crippen LogP contribution < -0.4 is 0 Å². The monoisotopic (exact) mass is 181 g/mol. The van der Waals surface area contributed by atoms with Crippen molar-refractivity contribution in [2.24, 2.45) is 0 Å². The zero-order chi connectivity index (χ0) is 9.14. The first kappa shape index (κ1) is 11.3. The van der Waals surface area contributed by atoms with Gasteiger partial charge in [0, 0.05) is 6.07 Å². The average molecular weight is 181 g/mol. The van der Waals surface area contributed by atoms with E-state index in [1.807, 2.05) is 0 Å².